The molecule has 3 unspecified atom stereocenters. The summed E-state index contributed by atoms with van der Waals surface area (Å²) in [6.07, 6.45) is 46.5. The Labute approximate surface area is 320 Å². The molecule has 0 heterocycles. The molecule has 0 aliphatic carbocycles. The first-order valence-corrected chi connectivity index (χ1v) is 21.1. The van der Waals surface area contributed by atoms with E-state index in [4.69, 9.17) is 24.8 Å². The lowest BCUT2D eigenvalue weighted by molar-refractivity contribution is -0.154. The van der Waals surface area contributed by atoms with Crippen molar-refractivity contribution < 1.29 is 42.7 Å². The number of allylic oxidation sites excluding steroid dienone is 14. The molecule has 0 fully saturated rings. The number of ether oxygens (including phenoxy) is 2. The minimum atomic E-state index is -4.63. The zero-order chi connectivity index (χ0) is 39.1. The second-order valence-corrected chi connectivity index (χ2v) is 14.1. The Morgan fingerprint density at radius 2 is 1.04 bits per heavy atom. The van der Waals surface area contributed by atoms with Crippen LogP contribution in [0.5, 0.6) is 0 Å². The molecular formula is C42H70NO9P. The largest absolute Gasteiger partial charge is 0.480 e. The van der Waals surface area contributed by atoms with Crippen molar-refractivity contribution in [2.45, 2.75) is 142 Å². The molecule has 0 amide bonds. The van der Waals surface area contributed by atoms with E-state index in [2.05, 4.69) is 103 Å². The van der Waals surface area contributed by atoms with Crippen molar-refractivity contribution in [1.82, 2.24) is 0 Å². The summed E-state index contributed by atoms with van der Waals surface area (Å²) in [5, 5.41) is 8.87. The molecule has 0 aliphatic rings. The van der Waals surface area contributed by atoms with Crippen LogP contribution in [-0.4, -0.2) is 60.5 Å². The third-order valence-corrected chi connectivity index (χ3v) is 8.62. The van der Waals surface area contributed by atoms with Gasteiger partial charge in [0.25, 0.3) is 0 Å². The Balaban J connectivity index is 4.41. The fraction of sp³-hybridized carbons (Fsp3) is 0.619. The van der Waals surface area contributed by atoms with Gasteiger partial charge < -0.3 is 25.2 Å². The molecule has 3 atom stereocenters. The van der Waals surface area contributed by atoms with Crippen LogP contribution in [0.4, 0.5) is 0 Å². The number of aliphatic carboxylic acids is 1. The molecular weight excluding hydrogens is 693 g/mol. The number of carboxylic acids is 1. The van der Waals surface area contributed by atoms with Crippen LogP contribution in [0.15, 0.2) is 85.1 Å². The summed E-state index contributed by atoms with van der Waals surface area (Å²) in [6.45, 7) is 3.46. The van der Waals surface area contributed by atoms with Crippen molar-refractivity contribution in [2.24, 2.45) is 5.73 Å². The number of phosphoric acid groups is 1. The number of carbonyl (C=O) groups is 2. The van der Waals surface area contributed by atoms with Crippen LogP contribution in [0.25, 0.3) is 0 Å². The van der Waals surface area contributed by atoms with Crippen LogP contribution in [0, 0.1) is 0 Å². The van der Waals surface area contributed by atoms with Crippen LogP contribution >= 0.6 is 7.82 Å². The molecule has 302 valence electrons. The first-order valence-electron chi connectivity index (χ1n) is 19.6. The van der Waals surface area contributed by atoms with E-state index in [1.54, 1.807) is 0 Å². The molecule has 0 bridgehead atoms. The summed E-state index contributed by atoms with van der Waals surface area (Å²) >= 11 is 0. The van der Waals surface area contributed by atoms with Gasteiger partial charge in [-0.25, -0.2) is 4.57 Å². The third-order valence-electron chi connectivity index (χ3n) is 7.67. The fourth-order valence-corrected chi connectivity index (χ4v) is 5.46. The monoisotopic (exact) mass is 763 g/mol. The van der Waals surface area contributed by atoms with E-state index in [0.29, 0.717) is 13.0 Å². The number of unbranched alkanes of at least 4 members (excludes halogenated alkanes) is 8. The number of nitrogens with two attached hydrogens (primary N) is 1. The summed E-state index contributed by atoms with van der Waals surface area (Å²) in [5.41, 5.74) is 5.34. The maximum atomic E-state index is 12.6. The van der Waals surface area contributed by atoms with Gasteiger partial charge in [-0.05, 0) is 77.0 Å². The van der Waals surface area contributed by atoms with Crippen molar-refractivity contribution in [3.8, 4) is 0 Å². The maximum Gasteiger partial charge on any atom is 0.472 e. The van der Waals surface area contributed by atoms with E-state index < -0.39 is 45.1 Å². The van der Waals surface area contributed by atoms with E-state index in [-0.39, 0.29) is 13.0 Å². The Morgan fingerprint density at radius 3 is 1.55 bits per heavy atom. The lowest BCUT2D eigenvalue weighted by atomic mass is 10.1. The molecule has 0 spiro atoms. The molecule has 53 heavy (non-hydrogen) atoms. The molecule has 11 heteroatoms. The topological polar surface area (TPSA) is 155 Å². The third kappa shape index (κ3) is 37.3. The molecule has 10 nitrogen and oxygen atoms in total. The Bertz CT molecular complexity index is 1160. The predicted octanol–water partition coefficient (Wildman–Crippen LogP) is 10.4. The second-order valence-electron chi connectivity index (χ2n) is 12.6. The van der Waals surface area contributed by atoms with E-state index >= 15 is 0 Å². The van der Waals surface area contributed by atoms with E-state index in [1.165, 1.54) is 19.3 Å². The minimum absolute atomic E-state index is 0.0306. The van der Waals surface area contributed by atoms with Crippen molar-refractivity contribution in [3.63, 3.8) is 0 Å². The van der Waals surface area contributed by atoms with Gasteiger partial charge in [-0.2, -0.15) is 0 Å². The fourth-order valence-electron chi connectivity index (χ4n) is 4.68. The number of carbonyl (C=O) groups excluding carboxylic acids is 1. The highest BCUT2D eigenvalue weighted by molar-refractivity contribution is 7.47. The standard InChI is InChI=1S/C42H70NO9P/c1-3-5-7-9-11-13-15-17-19-20-21-22-24-26-28-30-32-34-41(44)52-39(37-50-53(47,48)51-38-40(43)42(45)46)36-49-35-33-31-29-27-25-23-18-16-14-12-10-8-6-4-2/h5-8,11-14,17-19,23,27,29,39-40H,3-4,9-10,15-16,20-22,24-26,28,30-38,43H2,1-2H3,(H,45,46)(H,47,48)/b7-5-,8-6-,13-11-,14-12-,19-17-,23-18-,29-27-. The molecule has 0 aromatic heterocycles. The van der Waals surface area contributed by atoms with E-state index in [9.17, 15) is 19.0 Å². The molecule has 0 aromatic rings. The maximum absolute atomic E-state index is 12.6. The summed E-state index contributed by atoms with van der Waals surface area (Å²) in [4.78, 5) is 33.4. The van der Waals surface area contributed by atoms with Gasteiger partial charge in [0, 0.05) is 13.0 Å². The molecule has 0 aromatic carbocycles. The van der Waals surface area contributed by atoms with Crippen molar-refractivity contribution in [1.29, 1.82) is 0 Å². The first-order chi connectivity index (χ1) is 25.7. The molecule has 0 radical (unpaired) electrons. The van der Waals surface area contributed by atoms with Gasteiger partial charge in [0.15, 0.2) is 0 Å². The number of rotatable bonds is 36. The van der Waals surface area contributed by atoms with Crippen LogP contribution in [-0.2, 0) is 32.7 Å². The number of hydrogen-bond donors (Lipinski definition) is 3. The smallest absolute Gasteiger partial charge is 0.472 e. The zero-order valence-electron chi connectivity index (χ0n) is 32.6. The van der Waals surface area contributed by atoms with Crippen molar-refractivity contribution in [2.75, 3.05) is 26.4 Å². The zero-order valence-corrected chi connectivity index (χ0v) is 33.5. The highest BCUT2D eigenvalue weighted by atomic mass is 31.2. The van der Waals surface area contributed by atoms with Gasteiger partial charge in [0.05, 0.1) is 19.8 Å². The number of hydrogen-bond acceptors (Lipinski definition) is 8. The summed E-state index contributed by atoms with van der Waals surface area (Å²) < 4.78 is 33.2. The Hall–Kier alpha value is -2.85. The van der Waals surface area contributed by atoms with Crippen LogP contribution in [0.2, 0.25) is 0 Å². The quantitative estimate of drug-likeness (QED) is 0.0243. The van der Waals surface area contributed by atoms with Gasteiger partial charge in [0.2, 0.25) is 0 Å². The summed E-state index contributed by atoms with van der Waals surface area (Å²) in [6, 6.07) is -1.49. The predicted molar refractivity (Wildman–Crippen MR) is 216 cm³/mol. The lowest BCUT2D eigenvalue weighted by Gasteiger charge is -2.20. The lowest BCUT2D eigenvalue weighted by Crippen LogP contribution is -2.34. The number of carboxylic acid groups (broad SMARTS) is 1. The summed E-state index contributed by atoms with van der Waals surface area (Å²) in [7, 11) is -4.63. The molecule has 0 saturated carbocycles. The van der Waals surface area contributed by atoms with Crippen LogP contribution < -0.4 is 5.73 Å². The van der Waals surface area contributed by atoms with Gasteiger partial charge >= 0.3 is 19.8 Å². The average molecular weight is 764 g/mol. The van der Waals surface area contributed by atoms with Gasteiger partial charge in [-0.3, -0.25) is 18.6 Å². The van der Waals surface area contributed by atoms with Crippen LogP contribution in [0.3, 0.4) is 0 Å². The van der Waals surface area contributed by atoms with E-state index in [1.807, 2.05) is 0 Å². The van der Waals surface area contributed by atoms with Gasteiger partial charge in [-0.15, -0.1) is 0 Å². The number of phosphoric ester groups is 1. The minimum Gasteiger partial charge on any atom is -0.480 e. The molecule has 4 N–H and O–H groups in total. The highest BCUT2D eigenvalue weighted by Crippen LogP contribution is 2.43. The molecule has 0 rings (SSSR count). The van der Waals surface area contributed by atoms with Crippen molar-refractivity contribution in [3.05, 3.63) is 85.1 Å². The Kier molecular flexibility index (Phi) is 35.5. The number of esters is 1. The summed E-state index contributed by atoms with van der Waals surface area (Å²) in [5.74, 6) is -1.82. The Morgan fingerprint density at radius 1 is 0.604 bits per heavy atom. The normalized spacial score (nSPS) is 14.9. The highest BCUT2D eigenvalue weighted by Gasteiger charge is 2.27. The average Bonchev–Trinajstić information content (AvgIpc) is 3.13. The SMILES string of the molecule is CC/C=C\C/C=C\C/C=C\C/C=C\CCCOCC(COP(=O)(O)OCC(N)C(=O)O)OC(=O)CCCCCCCCC/C=C\C/C=C\C/C=C\CC. The van der Waals surface area contributed by atoms with E-state index in [0.717, 1.165) is 83.5 Å². The molecule has 0 saturated heterocycles. The molecule has 0 aliphatic heterocycles. The second kappa shape index (κ2) is 37.5. The van der Waals surface area contributed by atoms with Crippen LogP contribution in [0.1, 0.15) is 129 Å². The van der Waals surface area contributed by atoms with Gasteiger partial charge in [-0.1, -0.05) is 131 Å². The first kappa shape index (κ1) is 50.1. The van der Waals surface area contributed by atoms with Gasteiger partial charge in [0.1, 0.15) is 12.1 Å². The van der Waals surface area contributed by atoms with Crippen molar-refractivity contribution >= 4 is 19.8 Å².